The standard InChI is InChI=1S/C27H31NS.C19H18.C2H6/c1-8-13-21-23-17-19(18(6)16-25(23)28(7)24(21)10-3)14-15-22-20(9-2)26(11-4)29-27(22)12-5;1-3-9-15-14(4-2)16-10-5-6-12-18(16)19-13-8-7-11-17(15)19;1-2/h8-9,11-15,17-18H,2,4-5,10,16H2,1,3,6-7H3;3,5-13H,4H2,1-2H3;1-2H3/b13-8-,15-14-;9-3-;. The molecule has 5 aromatic rings. The fourth-order valence-corrected chi connectivity index (χ4v) is 8.29. The van der Waals surface area contributed by atoms with E-state index >= 15 is 0 Å². The molecule has 1 aliphatic rings. The Morgan fingerprint density at radius 3 is 1.82 bits per heavy atom. The normalized spacial score (nSPS) is 14.0. The van der Waals surface area contributed by atoms with E-state index < -0.39 is 0 Å². The van der Waals surface area contributed by atoms with Crippen molar-refractivity contribution in [3.63, 3.8) is 0 Å². The summed E-state index contributed by atoms with van der Waals surface area (Å²) in [6.07, 6.45) is 24.6. The van der Waals surface area contributed by atoms with Gasteiger partial charge in [-0.3, -0.25) is 0 Å². The fraction of sp³-hybridized carbons (Fsp3) is 0.250. The highest BCUT2D eigenvalue weighted by Crippen LogP contribution is 2.38. The first-order valence-corrected chi connectivity index (χ1v) is 19.0. The van der Waals surface area contributed by atoms with Crippen molar-refractivity contribution in [3.05, 3.63) is 147 Å². The minimum atomic E-state index is 0.479. The highest BCUT2D eigenvalue weighted by molar-refractivity contribution is 7.14. The minimum absolute atomic E-state index is 0.479. The highest BCUT2D eigenvalue weighted by Gasteiger charge is 2.24. The van der Waals surface area contributed by atoms with Crippen molar-refractivity contribution in [1.82, 2.24) is 4.57 Å². The summed E-state index contributed by atoms with van der Waals surface area (Å²) in [6, 6.07) is 17.5. The van der Waals surface area contributed by atoms with Gasteiger partial charge in [-0.25, -0.2) is 0 Å². The van der Waals surface area contributed by atoms with Gasteiger partial charge in [0.15, 0.2) is 0 Å². The molecule has 3 aromatic carbocycles. The molecule has 1 aliphatic carbocycles. The zero-order valence-corrected chi connectivity index (χ0v) is 32.4. The third kappa shape index (κ3) is 7.42. The summed E-state index contributed by atoms with van der Waals surface area (Å²) in [6.45, 7) is 26.9. The van der Waals surface area contributed by atoms with Crippen molar-refractivity contribution in [3.8, 4) is 0 Å². The maximum Gasteiger partial charge on any atom is 0.0349 e. The average Bonchev–Trinajstić information content (AvgIpc) is 3.64. The van der Waals surface area contributed by atoms with Gasteiger partial charge >= 0.3 is 0 Å². The number of allylic oxidation sites excluding steroid dienone is 4. The Bertz CT molecular complexity index is 2120. The molecule has 6 rings (SSSR count). The van der Waals surface area contributed by atoms with Crippen molar-refractivity contribution in [1.29, 1.82) is 0 Å². The largest absolute Gasteiger partial charge is 0.350 e. The molecular formula is C48H55NS. The summed E-state index contributed by atoms with van der Waals surface area (Å²) < 4.78 is 2.40. The van der Waals surface area contributed by atoms with Gasteiger partial charge in [-0.15, -0.1) is 11.3 Å². The van der Waals surface area contributed by atoms with E-state index in [2.05, 4.69) is 157 Å². The van der Waals surface area contributed by atoms with Crippen LogP contribution in [0, 0.1) is 5.92 Å². The molecule has 0 saturated heterocycles. The van der Waals surface area contributed by atoms with Crippen molar-refractivity contribution < 1.29 is 0 Å². The molecule has 0 spiro atoms. The van der Waals surface area contributed by atoms with Crippen LogP contribution < -0.4 is 0 Å². The fourth-order valence-electron chi connectivity index (χ4n) is 7.29. The van der Waals surface area contributed by atoms with Gasteiger partial charge in [0.1, 0.15) is 0 Å². The van der Waals surface area contributed by atoms with Crippen LogP contribution in [0.4, 0.5) is 0 Å². The molecule has 1 atom stereocenters. The zero-order chi connectivity index (χ0) is 36.4. The predicted octanol–water partition coefficient (Wildman–Crippen LogP) is 14.5. The number of hydrogen-bond donors (Lipinski definition) is 0. The van der Waals surface area contributed by atoms with E-state index in [0.29, 0.717) is 5.92 Å². The van der Waals surface area contributed by atoms with Crippen LogP contribution in [0.25, 0.3) is 64.1 Å². The Kier molecular flexibility index (Phi) is 13.6. The number of thiophene rings is 1. The number of aromatic nitrogens is 1. The second-order valence-corrected chi connectivity index (χ2v) is 13.4. The van der Waals surface area contributed by atoms with Crippen LogP contribution in [0.1, 0.15) is 103 Å². The number of benzene rings is 3. The monoisotopic (exact) mass is 677 g/mol. The first-order valence-electron chi connectivity index (χ1n) is 18.2. The lowest BCUT2D eigenvalue weighted by Crippen LogP contribution is -2.12. The molecule has 2 heteroatoms. The van der Waals surface area contributed by atoms with Crippen molar-refractivity contribution in [2.75, 3.05) is 0 Å². The predicted molar refractivity (Wildman–Crippen MR) is 231 cm³/mol. The molecule has 0 aliphatic heterocycles. The second kappa shape index (κ2) is 17.8. The van der Waals surface area contributed by atoms with Crippen LogP contribution in [0.2, 0.25) is 0 Å². The average molecular weight is 678 g/mol. The van der Waals surface area contributed by atoms with Gasteiger partial charge in [-0.2, -0.15) is 0 Å². The Morgan fingerprint density at radius 2 is 1.26 bits per heavy atom. The summed E-state index contributed by atoms with van der Waals surface area (Å²) >= 11 is 1.71. The van der Waals surface area contributed by atoms with E-state index in [1.54, 1.807) is 11.3 Å². The first kappa shape index (κ1) is 38.1. The van der Waals surface area contributed by atoms with Crippen molar-refractivity contribution in [2.24, 2.45) is 13.0 Å². The van der Waals surface area contributed by atoms with Crippen LogP contribution in [-0.4, -0.2) is 4.57 Å². The Hall–Kier alpha value is -4.66. The topological polar surface area (TPSA) is 4.93 Å². The molecule has 2 aromatic heterocycles. The van der Waals surface area contributed by atoms with Gasteiger partial charge in [0.25, 0.3) is 0 Å². The molecule has 1 nitrogen and oxygen atoms in total. The molecule has 0 N–H and O–H groups in total. The SMILES string of the molecule is C/C=C\c1c(CC)c2ccccc2c2ccccc12.C=Cc1sc(C=C)c(/C=C\C2=Cc3c(/C=C\C)c(CC)n(C)c3CC2C)c1C=C.CC. The smallest absolute Gasteiger partial charge is 0.0349 e. The molecule has 1 unspecified atom stereocenters. The molecular weight excluding hydrogens is 623 g/mol. The van der Waals surface area contributed by atoms with E-state index in [4.69, 9.17) is 0 Å². The summed E-state index contributed by atoms with van der Waals surface area (Å²) in [7, 11) is 2.21. The number of fused-ring (bicyclic) bond motifs is 4. The first-order chi connectivity index (χ1) is 24.4. The van der Waals surface area contributed by atoms with Crippen LogP contribution in [0.15, 0.2) is 92.1 Å². The molecule has 0 fully saturated rings. The van der Waals surface area contributed by atoms with E-state index in [1.165, 1.54) is 71.2 Å². The third-order valence-electron chi connectivity index (χ3n) is 9.60. The summed E-state index contributed by atoms with van der Waals surface area (Å²) in [5, 5.41) is 5.46. The maximum atomic E-state index is 4.01. The van der Waals surface area contributed by atoms with Crippen LogP contribution in [0.5, 0.6) is 0 Å². The quantitative estimate of drug-likeness (QED) is 0.137. The number of nitrogens with zero attached hydrogens (tertiary/aromatic N) is 1. The van der Waals surface area contributed by atoms with Crippen molar-refractivity contribution in [2.45, 2.75) is 67.7 Å². The van der Waals surface area contributed by atoms with Gasteiger partial charge in [0, 0.05) is 44.9 Å². The lowest BCUT2D eigenvalue weighted by molar-refractivity contribution is 0.640. The van der Waals surface area contributed by atoms with Gasteiger partial charge in [0.05, 0.1) is 0 Å². The molecule has 0 amide bonds. The Morgan fingerprint density at radius 1 is 0.700 bits per heavy atom. The number of aryl methyl sites for hydroxylation is 1. The van der Waals surface area contributed by atoms with Crippen LogP contribution >= 0.6 is 11.3 Å². The lowest BCUT2D eigenvalue weighted by Gasteiger charge is -2.20. The van der Waals surface area contributed by atoms with Gasteiger partial charge in [-0.1, -0.05) is 158 Å². The molecule has 50 heavy (non-hydrogen) atoms. The molecule has 2 heterocycles. The molecule has 0 bridgehead atoms. The van der Waals surface area contributed by atoms with E-state index in [-0.39, 0.29) is 0 Å². The Labute approximate surface area is 306 Å². The summed E-state index contributed by atoms with van der Waals surface area (Å²) in [5.74, 6) is 0.479. The summed E-state index contributed by atoms with van der Waals surface area (Å²) in [4.78, 5) is 2.31. The highest BCUT2D eigenvalue weighted by atomic mass is 32.1. The Balaban J connectivity index is 0.000000230. The van der Waals surface area contributed by atoms with Crippen LogP contribution in [0.3, 0.4) is 0 Å². The van der Waals surface area contributed by atoms with E-state index in [1.807, 2.05) is 32.1 Å². The van der Waals surface area contributed by atoms with Gasteiger partial charge < -0.3 is 4.57 Å². The third-order valence-corrected chi connectivity index (χ3v) is 10.8. The van der Waals surface area contributed by atoms with Gasteiger partial charge in [0.2, 0.25) is 0 Å². The van der Waals surface area contributed by atoms with Gasteiger partial charge in [-0.05, 0) is 88.9 Å². The lowest BCUT2D eigenvalue weighted by atomic mass is 9.86. The van der Waals surface area contributed by atoms with Crippen LogP contribution in [-0.2, 0) is 26.3 Å². The number of rotatable bonds is 9. The van der Waals surface area contributed by atoms with E-state index in [0.717, 1.165) is 29.7 Å². The molecule has 258 valence electrons. The second-order valence-electron chi connectivity index (χ2n) is 12.3. The minimum Gasteiger partial charge on any atom is -0.350 e. The zero-order valence-electron chi connectivity index (χ0n) is 31.6. The maximum absolute atomic E-state index is 4.01. The number of hydrogen-bond acceptors (Lipinski definition) is 1. The molecule has 0 saturated carbocycles. The summed E-state index contributed by atoms with van der Waals surface area (Å²) in [5.41, 5.74) is 12.1. The molecule has 0 radical (unpaired) electrons. The van der Waals surface area contributed by atoms with Crippen molar-refractivity contribution >= 4 is 75.4 Å². The van der Waals surface area contributed by atoms with E-state index in [9.17, 15) is 0 Å².